The lowest BCUT2D eigenvalue weighted by molar-refractivity contribution is -0.115. The molecule has 3 aromatic rings. The number of benzene rings is 2. The Morgan fingerprint density at radius 1 is 1.10 bits per heavy atom. The van der Waals surface area contributed by atoms with Gasteiger partial charge in [0, 0.05) is 81.0 Å². The van der Waals surface area contributed by atoms with Gasteiger partial charge in [0.1, 0.15) is 12.4 Å². The van der Waals surface area contributed by atoms with Gasteiger partial charge in [-0.1, -0.05) is 18.2 Å². The minimum Gasteiger partial charge on any atom is -0.369 e. The Hall–Kier alpha value is -4.87. The second kappa shape index (κ2) is 10.8. The number of hydrogen-bond acceptors (Lipinski definition) is 6. The third kappa shape index (κ3) is 4.82. The SMILES string of the molecule is CN1CCN(c2ccccc2CNC(=O)c2ccc(F)c([N+]34C=CC(c5cnn(C)c5)=CC3=NC=C4C(N)=O)c2)CC1. The van der Waals surface area contributed by atoms with Crippen molar-refractivity contribution in [2.24, 2.45) is 17.8 Å². The van der Waals surface area contributed by atoms with Crippen LogP contribution in [0.25, 0.3) is 5.57 Å². The minimum atomic E-state index is -0.744. The molecule has 4 heterocycles. The van der Waals surface area contributed by atoms with E-state index in [0.717, 1.165) is 48.6 Å². The number of aromatic nitrogens is 2. The molecule has 11 heteroatoms. The number of anilines is 1. The highest BCUT2D eigenvalue weighted by Crippen LogP contribution is 2.41. The lowest BCUT2D eigenvalue weighted by atomic mass is 10.0. The van der Waals surface area contributed by atoms with Crippen LogP contribution in [0.15, 0.2) is 90.1 Å². The highest BCUT2D eigenvalue weighted by atomic mass is 19.1. The maximum Gasteiger partial charge on any atom is 0.305 e. The molecule has 3 aliphatic heterocycles. The Balaban J connectivity index is 1.28. The van der Waals surface area contributed by atoms with Crippen molar-refractivity contribution in [3.63, 3.8) is 0 Å². The number of carbonyl (C=O) groups excluding carboxylic acids is 2. The highest BCUT2D eigenvalue weighted by molar-refractivity contribution is 6.18. The van der Waals surface area contributed by atoms with Crippen LogP contribution in [-0.4, -0.2) is 65.6 Å². The molecule has 0 spiro atoms. The largest absolute Gasteiger partial charge is 0.369 e. The van der Waals surface area contributed by atoms with Crippen molar-refractivity contribution in [1.29, 1.82) is 0 Å². The number of amides is 2. The van der Waals surface area contributed by atoms with Gasteiger partial charge in [-0.3, -0.25) is 14.3 Å². The fourth-order valence-electron chi connectivity index (χ4n) is 5.65. The van der Waals surface area contributed by atoms with Crippen LogP contribution in [-0.2, 0) is 18.4 Å². The Labute approximate surface area is 243 Å². The third-order valence-electron chi connectivity index (χ3n) is 7.98. The number of aliphatic imine (C=N–C) groups is 1. The van der Waals surface area contributed by atoms with Gasteiger partial charge in [-0.2, -0.15) is 14.6 Å². The summed E-state index contributed by atoms with van der Waals surface area (Å²) in [6, 6.07) is 12.2. The summed E-state index contributed by atoms with van der Waals surface area (Å²) in [5.41, 5.74) is 9.86. The van der Waals surface area contributed by atoms with Gasteiger partial charge in [0.05, 0.1) is 6.20 Å². The highest BCUT2D eigenvalue weighted by Gasteiger charge is 2.49. The van der Waals surface area contributed by atoms with Gasteiger partial charge in [0.25, 0.3) is 5.91 Å². The molecule has 42 heavy (non-hydrogen) atoms. The zero-order valence-electron chi connectivity index (χ0n) is 23.5. The van der Waals surface area contributed by atoms with Crippen LogP contribution < -0.4 is 20.4 Å². The zero-order chi connectivity index (χ0) is 29.4. The topological polar surface area (TPSA) is 109 Å². The number of quaternary nitrogens is 1. The molecule has 1 atom stereocenters. The van der Waals surface area contributed by atoms with E-state index >= 15 is 4.39 Å². The second-order valence-electron chi connectivity index (χ2n) is 10.7. The fourth-order valence-corrected chi connectivity index (χ4v) is 5.65. The molecule has 2 aromatic carbocycles. The number of amidine groups is 1. The number of para-hydroxylation sites is 1. The van der Waals surface area contributed by atoms with Crippen molar-refractivity contribution in [3.8, 4) is 0 Å². The average Bonchev–Trinajstić information content (AvgIpc) is 3.60. The van der Waals surface area contributed by atoms with E-state index in [4.69, 9.17) is 5.73 Å². The number of nitrogens with two attached hydrogens (primary N) is 1. The number of nitrogens with one attached hydrogen (secondary N) is 1. The molecular formula is C31H32FN8O2+. The van der Waals surface area contributed by atoms with Crippen molar-refractivity contribution in [2.75, 3.05) is 38.1 Å². The number of likely N-dealkylation sites (N-methyl/N-ethyl adjacent to an activating group) is 1. The monoisotopic (exact) mass is 567 g/mol. The predicted octanol–water partition coefficient (Wildman–Crippen LogP) is 2.90. The van der Waals surface area contributed by atoms with Crippen LogP contribution in [0.3, 0.4) is 0 Å². The average molecular weight is 568 g/mol. The molecule has 1 saturated heterocycles. The Morgan fingerprint density at radius 2 is 1.88 bits per heavy atom. The Bertz CT molecular complexity index is 1700. The third-order valence-corrected chi connectivity index (χ3v) is 7.98. The molecule has 214 valence electrons. The summed E-state index contributed by atoms with van der Waals surface area (Å²) in [4.78, 5) is 35.0. The van der Waals surface area contributed by atoms with Gasteiger partial charge in [-0.25, -0.2) is 4.39 Å². The van der Waals surface area contributed by atoms with Gasteiger partial charge in [0.2, 0.25) is 11.5 Å². The van der Waals surface area contributed by atoms with E-state index in [1.54, 1.807) is 29.2 Å². The van der Waals surface area contributed by atoms with Crippen LogP contribution in [0, 0.1) is 5.82 Å². The maximum absolute atomic E-state index is 15.6. The minimum absolute atomic E-state index is 0.0690. The molecule has 10 nitrogen and oxygen atoms in total. The summed E-state index contributed by atoms with van der Waals surface area (Å²) in [6.45, 7) is 4.07. The lowest BCUT2D eigenvalue weighted by Crippen LogP contribution is -2.50. The molecule has 6 rings (SSSR count). The molecule has 3 aliphatic rings. The summed E-state index contributed by atoms with van der Waals surface area (Å²) < 4.78 is 16.8. The number of carbonyl (C=O) groups is 2. The Kier molecular flexibility index (Phi) is 7.05. The number of primary amides is 1. The number of halogens is 1. The van der Waals surface area contributed by atoms with Gasteiger partial charge in [-0.05, 0) is 36.4 Å². The normalized spacial score (nSPS) is 20.1. The first-order valence-corrected chi connectivity index (χ1v) is 13.7. The molecule has 1 fully saturated rings. The zero-order valence-corrected chi connectivity index (χ0v) is 23.5. The Morgan fingerprint density at radius 3 is 2.62 bits per heavy atom. The van der Waals surface area contributed by atoms with E-state index < -0.39 is 16.2 Å². The maximum atomic E-state index is 15.6. The van der Waals surface area contributed by atoms with Crippen LogP contribution >= 0.6 is 0 Å². The number of allylic oxidation sites excluding steroid dienone is 2. The van der Waals surface area contributed by atoms with E-state index in [1.807, 2.05) is 31.4 Å². The van der Waals surface area contributed by atoms with E-state index in [9.17, 15) is 9.59 Å². The van der Waals surface area contributed by atoms with Gasteiger partial charge in [0.15, 0.2) is 11.5 Å². The summed E-state index contributed by atoms with van der Waals surface area (Å²) >= 11 is 0. The second-order valence-corrected chi connectivity index (χ2v) is 10.7. The molecule has 0 radical (unpaired) electrons. The summed E-state index contributed by atoms with van der Waals surface area (Å²) in [5, 5.41) is 7.21. The van der Waals surface area contributed by atoms with Crippen LogP contribution in [0.1, 0.15) is 21.5 Å². The quantitative estimate of drug-likeness (QED) is 0.427. The first kappa shape index (κ1) is 27.3. The lowest BCUT2D eigenvalue weighted by Gasteiger charge is -2.35. The van der Waals surface area contributed by atoms with Crippen molar-refractivity contribution in [3.05, 3.63) is 108 Å². The van der Waals surface area contributed by atoms with Crippen molar-refractivity contribution < 1.29 is 14.0 Å². The summed E-state index contributed by atoms with van der Waals surface area (Å²) in [7, 11) is 3.92. The first-order chi connectivity index (χ1) is 20.3. The van der Waals surface area contributed by atoms with Crippen molar-refractivity contribution in [2.45, 2.75) is 6.54 Å². The number of hydrogen-bond donors (Lipinski definition) is 2. The summed E-state index contributed by atoms with van der Waals surface area (Å²) in [6.07, 6.45) is 10.1. The molecular weight excluding hydrogens is 535 g/mol. The molecule has 1 unspecified atom stereocenters. The fraction of sp³-hybridized carbons (Fsp3) is 0.226. The summed E-state index contributed by atoms with van der Waals surface area (Å²) in [5.74, 6) is -1.33. The number of fused-ring (bicyclic) bond motifs is 1. The molecule has 2 amide bonds. The number of rotatable bonds is 7. The molecule has 1 aromatic heterocycles. The smallest absolute Gasteiger partial charge is 0.305 e. The van der Waals surface area contributed by atoms with Crippen LogP contribution in [0.4, 0.5) is 15.8 Å². The van der Waals surface area contributed by atoms with E-state index in [-0.39, 0.29) is 22.9 Å². The van der Waals surface area contributed by atoms with Gasteiger partial charge < -0.3 is 20.9 Å². The first-order valence-electron chi connectivity index (χ1n) is 13.7. The molecule has 0 bridgehead atoms. The van der Waals surface area contributed by atoms with E-state index in [2.05, 4.69) is 38.3 Å². The number of piperazine rings is 1. The van der Waals surface area contributed by atoms with Gasteiger partial charge >= 0.3 is 5.91 Å². The van der Waals surface area contributed by atoms with Crippen molar-refractivity contribution >= 4 is 34.6 Å². The van der Waals surface area contributed by atoms with Crippen LogP contribution in [0.2, 0.25) is 0 Å². The van der Waals surface area contributed by atoms with Gasteiger partial charge in [-0.15, -0.1) is 0 Å². The molecule has 3 N–H and O–H groups in total. The standard InChI is InChI=1S/C31H31FN8O2/c1-37-10-12-39(13-11-37)26-6-4-3-5-23(26)17-35-31(42)22-7-8-25(32)27(15-22)40-14-9-21(24-18-36-38(2)20-24)16-29(40)34-19-28(40)30(33)41/h3-9,14-16,18-20H,10-13,17H2,1-2H3,(H2-,33,35,41,42)/p+1. The van der Waals surface area contributed by atoms with E-state index in [0.29, 0.717) is 12.4 Å². The van der Waals surface area contributed by atoms with Crippen molar-refractivity contribution in [1.82, 2.24) is 24.5 Å². The van der Waals surface area contributed by atoms with Crippen LogP contribution in [0.5, 0.6) is 0 Å². The van der Waals surface area contributed by atoms with E-state index in [1.165, 1.54) is 24.4 Å². The molecule has 0 saturated carbocycles. The predicted molar refractivity (Wildman–Crippen MR) is 161 cm³/mol. The number of aryl methyl sites for hydroxylation is 1. The number of nitrogens with zero attached hydrogens (tertiary/aromatic N) is 6. The molecule has 0 aliphatic carbocycles.